The van der Waals surface area contributed by atoms with E-state index in [1.165, 1.54) is 0 Å². The number of carboxylic acids is 1. The van der Waals surface area contributed by atoms with E-state index in [1.807, 2.05) is 6.92 Å². The highest BCUT2D eigenvalue weighted by Crippen LogP contribution is 2.20. The third-order valence-corrected chi connectivity index (χ3v) is 3.12. The number of carbonyl (C=O) groups excluding carboxylic acids is 1. The van der Waals surface area contributed by atoms with Crippen molar-refractivity contribution >= 4 is 12.0 Å². The van der Waals surface area contributed by atoms with Gasteiger partial charge in [0.2, 0.25) is 0 Å². The molecular formula is C13H22N2O4. The maximum atomic E-state index is 12.1. The fourth-order valence-corrected chi connectivity index (χ4v) is 2.13. The lowest BCUT2D eigenvalue weighted by atomic mass is 10.0. The van der Waals surface area contributed by atoms with Gasteiger partial charge >= 0.3 is 12.0 Å². The van der Waals surface area contributed by atoms with E-state index in [1.54, 1.807) is 11.0 Å². The van der Waals surface area contributed by atoms with Crippen molar-refractivity contribution in [1.82, 2.24) is 10.2 Å². The van der Waals surface area contributed by atoms with Gasteiger partial charge in [-0.3, -0.25) is 4.79 Å². The highest BCUT2D eigenvalue weighted by molar-refractivity contribution is 5.77. The summed E-state index contributed by atoms with van der Waals surface area (Å²) in [6.07, 6.45) is 3.19. The molecule has 1 saturated heterocycles. The summed E-state index contributed by atoms with van der Waals surface area (Å²) in [5.41, 5.74) is 0. The van der Waals surface area contributed by atoms with E-state index in [2.05, 4.69) is 11.9 Å². The second-order valence-electron chi connectivity index (χ2n) is 4.55. The van der Waals surface area contributed by atoms with Crippen LogP contribution in [0.4, 0.5) is 4.79 Å². The Morgan fingerprint density at radius 2 is 2.26 bits per heavy atom. The Balaban J connectivity index is 2.67. The lowest BCUT2D eigenvalue weighted by molar-refractivity contribution is -0.142. The summed E-state index contributed by atoms with van der Waals surface area (Å²) >= 11 is 0. The summed E-state index contributed by atoms with van der Waals surface area (Å²) in [6, 6.07) is -0.619. The molecule has 2 amide bonds. The summed E-state index contributed by atoms with van der Waals surface area (Å²) in [5.74, 6) is -1.56. The quantitative estimate of drug-likeness (QED) is 0.536. The van der Waals surface area contributed by atoms with Crippen LogP contribution in [0.1, 0.15) is 19.8 Å². The summed E-state index contributed by atoms with van der Waals surface area (Å²) in [6.45, 7) is 7.03. The average Bonchev–Trinajstić information content (AvgIpc) is 2.85. The Labute approximate surface area is 113 Å². The third kappa shape index (κ3) is 4.24. The number of carboxylic acid groups (broad SMARTS) is 1. The molecule has 108 valence electrons. The first kappa shape index (κ1) is 15.5. The Hall–Kier alpha value is -1.56. The minimum Gasteiger partial charge on any atom is -0.481 e. The van der Waals surface area contributed by atoms with Crippen molar-refractivity contribution in [2.75, 3.05) is 26.3 Å². The van der Waals surface area contributed by atoms with E-state index in [9.17, 15) is 9.59 Å². The van der Waals surface area contributed by atoms with Gasteiger partial charge in [0.05, 0.1) is 19.3 Å². The Kier molecular flexibility index (Phi) is 6.35. The standard InChI is InChI=1S/C13H22N2O4/c1-3-5-6-14-13(18)15(7-4-2)11-9-19-8-10(11)12(16)17/h3,10-11H,1,4-9H2,2H3,(H,14,18)(H,16,17). The lowest BCUT2D eigenvalue weighted by Crippen LogP contribution is -2.51. The zero-order valence-electron chi connectivity index (χ0n) is 11.3. The smallest absolute Gasteiger partial charge is 0.317 e. The first-order chi connectivity index (χ1) is 9.11. The first-order valence-electron chi connectivity index (χ1n) is 6.57. The van der Waals surface area contributed by atoms with Crippen molar-refractivity contribution in [1.29, 1.82) is 0 Å². The van der Waals surface area contributed by atoms with Gasteiger partial charge in [-0.15, -0.1) is 6.58 Å². The number of nitrogens with zero attached hydrogens (tertiary/aromatic N) is 1. The molecule has 19 heavy (non-hydrogen) atoms. The SMILES string of the molecule is C=CCCNC(=O)N(CCC)C1COCC1C(=O)O. The Morgan fingerprint density at radius 3 is 2.84 bits per heavy atom. The van der Waals surface area contributed by atoms with Crippen molar-refractivity contribution in [2.45, 2.75) is 25.8 Å². The number of hydrogen-bond acceptors (Lipinski definition) is 3. The average molecular weight is 270 g/mol. The van der Waals surface area contributed by atoms with Gasteiger partial charge in [0, 0.05) is 13.1 Å². The molecule has 2 atom stereocenters. The topological polar surface area (TPSA) is 78.9 Å². The number of carbonyl (C=O) groups is 2. The van der Waals surface area contributed by atoms with Crippen LogP contribution in [0.3, 0.4) is 0 Å². The molecule has 0 bridgehead atoms. The van der Waals surface area contributed by atoms with Crippen LogP contribution in [-0.4, -0.2) is 54.4 Å². The molecular weight excluding hydrogens is 248 g/mol. The second kappa shape index (κ2) is 7.78. The maximum absolute atomic E-state index is 12.1. The van der Waals surface area contributed by atoms with Crippen molar-refractivity contribution in [3.05, 3.63) is 12.7 Å². The fraction of sp³-hybridized carbons (Fsp3) is 0.692. The monoisotopic (exact) mass is 270 g/mol. The van der Waals surface area contributed by atoms with Crippen LogP contribution in [-0.2, 0) is 9.53 Å². The van der Waals surface area contributed by atoms with Crippen LogP contribution in [0.2, 0.25) is 0 Å². The molecule has 6 heteroatoms. The molecule has 0 aliphatic carbocycles. The molecule has 1 aliphatic heterocycles. The van der Waals surface area contributed by atoms with Crippen molar-refractivity contribution in [2.24, 2.45) is 5.92 Å². The molecule has 1 rings (SSSR count). The van der Waals surface area contributed by atoms with Gasteiger partial charge in [0.1, 0.15) is 5.92 Å². The molecule has 1 fully saturated rings. The normalized spacial score (nSPS) is 21.9. The van der Waals surface area contributed by atoms with Gasteiger partial charge in [-0.05, 0) is 12.8 Å². The zero-order valence-corrected chi connectivity index (χ0v) is 11.3. The molecule has 0 spiro atoms. The Bertz CT molecular complexity index is 333. The molecule has 0 aromatic rings. The number of ether oxygens (including phenoxy) is 1. The van der Waals surface area contributed by atoms with E-state index in [0.717, 1.165) is 6.42 Å². The van der Waals surface area contributed by atoms with Crippen molar-refractivity contribution < 1.29 is 19.4 Å². The summed E-state index contributed by atoms with van der Waals surface area (Å²) in [4.78, 5) is 24.8. The minimum absolute atomic E-state index is 0.167. The fourth-order valence-electron chi connectivity index (χ4n) is 2.13. The van der Waals surface area contributed by atoms with Crippen LogP contribution in [0.5, 0.6) is 0 Å². The zero-order chi connectivity index (χ0) is 14.3. The molecule has 6 nitrogen and oxygen atoms in total. The molecule has 1 aliphatic rings. The maximum Gasteiger partial charge on any atom is 0.317 e. The summed E-state index contributed by atoms with van der Waals surface area (Å²) in [5, 5.41) is 11.9. The van der Waals surface area contributed by atoms with Crippen LogP contribution >= 0.6 is 0 Å². The molecule has 1 heterocycles. The highest BCUT2D eigenvalue weighted by Gasteiger charge is 2.39. The lowest BCUT2D eigenvalue weighted by Gasteiger charge is -2.30. The van der Waals surface area contributed by atoms with Crippen LogP contribution in [0.15, 0.2) is 12.7 Å². The number of hydrogen-bond donors (Lipinski definition) is 2. The molecule has 2 N–H and O–H groups in total. The van der Waals surface area contributed by atoms with Crippen LogP contribution < -0.4 is 5.32 Å². The number of amides is 2. The van der Waals surface area contributed by atoms with Crippen molar-refractivity contribution in [3.63, 3.8) is 0 Å². The van der Waals surface area contributed by atoms with Gasteiger partial charge in [-0.25, -0.2) is 4.79 Å². The van der Waals surface area contributed by atoms with E-state index in [0.29, 0.717) is 19.5 Å². The second-order valence-corrected chi connectivity index (χ2v) is 4.55. The van der Waals surface area contributed by atoms with E-state index >= 15 is 0 Å². The number of nitrogens with one attached hydrogen (secondary N) is 1. The summed E-state index contributed by atoms with van der Waals surface area (Å²) < 4.78 is 5.22. The predicted molar refractivity (Wildman–Crippen MR) is 70.9 cm³/mol. The van der Waals surface area contributed by atoms with Gasteiger partial charge in [-0.1, -0.05) is 13.0 Å². The molecule has 0 radical (unpaired) electrons. The van der Waals surface area contributed by atoms with Crippen LogP contribution in [0, 0.1) is 5.92 Å². The van der Waals surface area contributed by atoms with E-state index in [-0.39, 0.29) is 25.3 Å². The van der Waals surface area contributed by atoms with Gasteiger partial charge in [-0.2, -0.15) is 0 Å². The number of rotatable bonds is 7. The minimum atomic E-state index is -0.914. The summed E-state index contributed by atoms with van der Waals surface area (Å²) in [7, 11) is 0. The van der Waals surface area contributed by atoms with Gasteiger partial charge in [0.25, 0.3) is 0 Å². The molecule has 0 aromatic heterocycles. The third-order valence-electron chi connectivity index (χ3n) is 3.12. The van der Waals surface area contributed by atoms with E-state index in [4.69, 9.17) is 9.84 Å². The van der Waals surface area contributed by atoms with E-state index < -0.39 is 11.9 Å². The largest absolute Gasteiger partial charge is 0.481 e. The highest BCUT2D eigenvalue weighted by atomic mass is 16.5. The molecule has 0 saturated carbocycles. The molecule has 2 unspecified atom stereocenters. The first-order valence-corrected chi connectivity index (χ1v) is 6.57. The van der Waals surface area contributed by atoms with Crippen molar-refractivity contribution in [3.8, 4) is 0 Å². The van der Waals surface area contributed by atoms with Gasteiger partial charge < -0.3 is 20.1 Å². The number of aliphatic carboxylic acids is 1. The Morgan fingerprint density at radius 1 is 1.53 bits per heavy atom. The molecule has 0 aromatic carbocycles. The van der Waals surface area contributed by atoms with Gasteiger partial charge in [0.15, 0.2) is 0 Å². The number of urea groups is 1. The van der Waals surface area contributed by atoms with Crippen LogP contribution in [0.25, 0.3) is 0 Å². The predicted octanol–water partition coefficient (Wildman–Crippen LogP) is 1.08.